The van der Waals surface area contributed by atoms with E-state index in [1.54, 1.807) is 0 Å². The summed E-state index contributed by atoms with van der Waals surface area (Å²) in [5, 5.41) is 10.1. The molecule has 1 aliphatic rings. The maximum atomic E-state index is 12.7. The molecular weight excluding hydrogens is 323 g/mol. The van der Waals surface area contributed by atoms with Gasteiger partial charge >= 0.3 is 6.18 Å². The molecule has 19 heavy (non-hydrogen) atoms. The molecule has 1 aromatic carbocycles. The predicted molar refractivity (Wildman–Crippen MR) is 69.4 cm³/mol. The topological polar surface area (TPSA) is 46.2 Å². The lowest BCUT2D eigenvalue weighted by Gasteiger charge is -2.34. The fraction of sp³-hybridized carbons (Fsp3) is 0.538. The molecule has 0 aliphatic heterocycles. The van der Waals surface area contributed by atoms with Gasteiger partial charge in [-0.05, 0) is 42.5 Å². The minimum absolute atomic E-state index is 0.100. The van der Waals surface area contributed by atoms with Crippen LogP contribution in [0.5, 0.6) is 0 Å². The molecule has 0 amide bonds. The molecule has 0 spiro atoms. The average Bonchev–Trinajstić information content (AvgIpc) is 2.23. The molecule has 1 saturated carbocycles. The Morgan fingerprint density at radius 3 is 2.37 bits per heavy atom. The van der Waals surface area contributed by atoms with Crippen molar-refractivity contribution in [1.29, 1.82) is 0 Å². The summed E-state index contributed by atoms with van der Waals surface area (Å²) in [4.78, 5) is 0. The fourth-order valence-electron chi connectivity index (χ4n) is 2.24. The van der Waals surface area contributed by atoms with Crippen LogP contribution in [0.1, 0.15) is 36.4 Å². The number of hydrogen-bond acceptors (Lipinski definition) is 2. The maximum absolute atomic E-state index is 12.7. The molecule has 1 aromatic rings. The molecule has 1 aliphatic carbocycles. The van der Waals surface area contributed by atoms with Gasteiger partial charge in [0.25, 0.3) is 0 Å². The number of aliphatic hydroxyl groups excluding tert-OH is 1. The van der Waals surface area contributed by atoms with Crippen LogP contribution in [0.2, 0.25) is 0 Å². The van der Waals surface area contributed by atoms with Gasteiger partial charge < -0.3 is 10.8 Å². The summed E-state index contributed by atoms with van der Waals surface area (Å²) in [7, 11) is 0. The molecule has 1 fully saturated rings. The van der Waals surface area contributed by atoms with Gasteiger partial charge in [0, 0.05) is 4.47 Å². The van der Waals surface area contributed by atoms with Gasteiger partial charge in [-0.2, -0.15) is 13.2 Å². The highest BCUT2D eigenvalue weighted by Gasteiger charge is 2.34. The van der Waals surface area contributed by atoms with Crippen molar-refractivity contribution in [3.05, 3.63) is 33.8 Å². The summed E-state index contributed by atoms with van der Waals surface area (Å²) in [6.07, 6.45) is -2.39. The summed E-state index contributed by atoms with van der Waals surface area (Å²) in [5.41, 5.74) is 5.44. The van der Waals surface area contributed by atoms with E-state index in [0.29, 0.717) is 10.0 Å². The third-order valence-electron chi connectivity index (χ3n) is 3.63. The Balaban J connectivity index is 2.25. The van der Waals surface area contributed by atoms with Crippen LogP contribution in [0, 0.1) is 5.92 Å². The predicted octanol–water partition coefficient (Wildman–Crippen LogP) is 3.63. The first-order chi connectivity index (χ1) is 8.79. The van der Waals surface area contributed by atoms with E-state index < -0.39 is 23.9 Å². The molecule has 2 atom stereocenters. The lowest BCUT2D eigenvalue weighted by atomic mass is 9.77. The Bertz CT molecular complexity index is 460. The lowest BCUT2D eigenvalue weighted by Crippen LogP contribution is -2.36. The first kappa shape index (κ1) is 14.8. The van der Waals surface area contributed by atoms with Gasteiger partial charge in [-0.25, -0.2) is 0 Å². The largest absolute Gasteiger partial charge is 0.416 e. The number of hydrogen-bond donors (Lipinski definition) is 2. The monoisotopic (exact) mass is 337 g/mol. The minimum Gasteiger partial charge on any atom is -0.391 e. The van der Waals surface area contributed by atoms with Crippen LogP contribution >= 0.6 is 15.9 Å². The molecule has 0 saturated heterocycles. The summed E-state index contributed by atoms with van der Waals surface area (Å²) >= 11 is 3.05. The SMILES string of the molecule is N[C@@H](c1cc(Br)cc(C(F)(F)F)c1)[C@H](O)C1CCC1. The highest BCUT2D eigenvalue weighted by Crippen LogP contribution is 2.37. The minimum atomic E-state index is -4.42. The molecule has 0 bridgehead atoms. The highest BCUT2D eigenvalue weighted by molar-refractivity contribution is 9.10. The molecule has 0 radical (unpaired) electrons. The van der Waals surface area contributed by atoms with E-state index in [1.807, 2.05) is 0 Å². The van der Waals surface area contributed by atoms with Crippen molar-refractivity contribution in [2.45, 2.75) is 37.6 Å². The normalized spacial score (nSPS) is 19.9. The molecule has 106 valence electrons. The standard InChI is InChI=1S/C13H15BrF3NO/c14-10-5-8(4-9(6-10)13(15,16)17)11(18)12(19)7-2-1-3-7/h4-7,11-12,19H,1-3,18H2/t11-,12+/m0/s1. The molecule has 3 N–H and O–H groups in total. The zero-order chi connectivity index (χ0) is 14.2. The number of alkyl halides is 3. The Morgan fingerprint density at radius 1 is 1.26 bits per heavy atom. The third-order valence-corrected chi connectivity index (χ3v) is 4.09. The average molecular weight is 338 g/mol. The van der Waals surface area contributed by atoms with Gasteiger partial charge in [0.2, 0.25) is 0 Å². The van der Waals surface area contributed by atoms with Crippen molar-refractivity contribution in [3.8, 4) is 0 Å². The van der Waals surface area contributed by atoms with Crippen molar-refractivity contribution in [1.82, 2.24) is 0 Å². The Hall–Kier alpha value is -0.590. The molecule has 0 unspecified atom stereocenters. The summed E-state index contributed by atoms with van der Waals surface area (Å²) in [6.45, 7) is 0. The molecule has 0 aromatic heterocycles. The number of benzene rings is 1. The van der Waals surface area contributed by atoms with E-state index in [1.165, 1.54) is 6.07 Å². The summed E-state index contributed by atoms with van der Waals surface area (Å²) < 4.78 is 38.5. The Kier molecular flexibility index (Phi) is 4.23. The van der Waals surface area contributed by atoms with Crippen LogP contribution in [0.15, 0.2) is 22.7 Å². The molecule has 0 heterocycles. The van der Waals surface area contributed by atoms with Crippen molar-refractivity contribution < 1.29 is 18.3 Å². The molecule has 6 heteroatoms. The lowest BCUT2D eigenvalue weighted by molar-refractivity contribution is -0.137. The zero-order valence-electron chi connectivity index (χ0n) is 10.1. The van der Waals surface area contributed by atoms with Gasteiger partial charge in [-0.15, -0.1) is 0 Å². The van der Waals surface area contributed by atoms with Gasteiger partial charge in [0.05, 0.1) is 17.7 Å². The van der Waals surface area contributed by atoms with E-state index >= 15 is 0 Å². The summed E-state index contributed by atoms with van der Waals surface area (Å²) in [6, 6.07) is 2.76. The van der Waals surface area contributed by atoms with E-state index in [2.05, 4.69) is 15.9 Å². The van der Waals surface area contributed by atoms with Crippen molar-refractivity contribution in [2.75, 3.05) is 0 Å². The first-order valence-electron chi connectivity index (χ1n) is 6.10. The zero-order valence-corrected chi connectivity index (χ0v) is 11.7. The van der Waals surface area contributed by atoms with Gasteiger partial charge in [0.1, 0.15) is 0 Å². The van der Waals surface area contributed by atoms with Crippen LogP contribution in [0.25, 0.3) is 0 Å². The van der Waals surface area contributed by atoms with Gasteiger partial charge in [0.15, 0.2) is 0 Å². The van der Waals surface area contributed by atoms with Crippen LogP contribution in [-0.2, 0) is 6.18 Å². The highest BCUT2D eigenvalue weighted by atomic mass is 79.9. The van der Waals surface area contributed by atoms with Gasteiger partial charge in [-0.3, -0.25) is 0 Å². The number of halogens is 4. The Morgan fingerprint density at radius 2 is 1.89 bits per heavy atom. The number of rotatable bonds is 3. The second kappa shape index (κ2) is 5.42. The second-order valence-electron chi connectivity index (χ2n) is 4.98. The quantitative estimate of drug-likeness (QED) is 0.884. The molecule has 2 nitrogen and oxygen atoms in total. The maximum Gasteiger partial charge on any atom is 0.416 e. The third kappa shape index (κ3) is 3.30. The van der Waals surface area contributed by atoms with Crippen molar-refractivity contribution in [3.63, 3.8) is 0 Å². The smallest absolute Gasteiger partial charge is 0.391 e. The van der Waals surface area contributed by atoms with Crippen LogP contribution in [0.3, 0.4) is 0 Å². The number of aliphatic hydroxyl groups is 1. The van der Waals surface area contributed by atoms with E-state index in [9.17, 15) is 18.3 Å². The van der Waals surface area contributed by atoms with E-state index in [0.717, 1.165) is 31.4 Å². The second-order valence-corrected chi connectivity index (χ2v) is 5.89. The molecular formula is C13H15BrF3NO. The van der Waals surface area contributed by atoms with Crippen molar-refractivity contribution in [2.24, 2.45) is 11.7 Å². The van der Waals surface area contributed by atoms with Crippen LogP contribution < -0.4 is 5.73 Å². The summed E-state index contributed by atoms with van der Waals surface area (Å²) in [5.74, 6) is 0.100. The first-order valence-corrected chi connectivity index (χ1v) is 6.89. The van der Waals surface area contributed by atoms with Crippen LogP contribution in [-0.4, -0.2) is 11.2 Å². The van der Waals surface area contributed by atoms with E-state index in [4.69, 9.17) is 5.73 Å². The van der Waals surface area contributed by atoms with E-state index in [-0.39, 0.29) is 5.92 Å². The fourth-order valence-corrected chi connectivity index (χ4v) is 2.75. The van der Waals surface area contributed by atoms with Crippen LogP contribution in [0.4, 0.5) is 13.2 Å². The van der Waals surface area contributed by atoms with Gasteiger partial charge in [-0.1, -0.05) is 22.4 Å². The Labute approximate surface area is 117 Å². The molecule has 2 rings (SSSR count). The van der Waals surface area contributed by atoms with Crippen molar-refractivity contribution >= 4 is 15.9 Å². The number of nitrogens with two attached hydrogens (primary N) is 1.